The van der Waals surface area contributed by atoms with E-state index in [2.05, 4.69) is 0 Å². The van der Waals surface area contributed by atoms with Crippen molar-refractivity contribution < 1.29 is 23.0 Å². The van der Waals surface area contributed by atoms with Crippen molar-refractivity contribution in [1.82, 2.24) is 0 Å². The third-order valence-corrected chi connectivity index (χ3v) is 3.43. The summed E-state index contributed by atoms with van der Waals surface area (Å²) in [6.45, 7) is 1.54. The van der Waals surface area contributed by atoms with Crippen molar-refractivity contribution in [1.29, 1.82) is 0 Å². The molecule has 0 radical (unpaired) electrons. The number of ether oxygens (including phenoxy) is 1. The van der Waals surface area contributed by atoms with Gasteiger partial charge in [0.05, 0.1) is 12.7 Å². The summed E-state index contributed by atoms with van der Waals surface area (Å²) in [5.74, 6) is 0.641. The van der Waals surface area contributed by atoms with Gasteiger partial charge in [0.2, 0.25) is 0 Å². The van der Waals surface area contributed by atoms with Gasteiger partial charge in [0.1, 0.15) is 11.4 Å². The highest BCUT2D eigenvalue weighted by Gasteiger charge is 2.32. The number of rotatable bonds is 3. The molecule has 1 N–H and O–H groups in total. The Balaban J connectivity index is 2.34. The smallest absolute Gasteiger partial charge is 0.416 e. The van der Waals surface area contributed by atoms with Crippen molar-refractivity contribution in [3.63, 3.8) is 0 Å². The quantitative estimate of drug-likeness (QED) is 0.928. The van der Waals surface area contributed by atoms with Gasteiger partial charge in [-0.3, -0.25) is 0 Å². The van der Waals surface area contributed by atoms with Crippen LogP contribution < -0.4 is 4.74 Å². The van der Waals surface area contributed by atoms with Crippen LogP contribution in [0.2, 0.25) is 0 Å². The molecule has 0 unspecified atom stereocenters. The average Bonchev–Trinajstić information content (AvgIpc) is 2.46. The van der Waals surface area contributed by atoms with Crippen LogP contribution in [0.15, 0.2) is 48.5 Å². The summed E-state index contributed by atoms with van der Waals surface area (Å²) in [5.41, 5.74) is -1.16. The Morgan fingerprint density at radius 2 is 1.19 bits per heavy atom. The maximum atomic E-state index is 12.5. The standard InChI is InChI=1S/C16H15F3O2/c1-15(20,12-7-9-14(21-2)10-8-12)11-3-5-13(6-4-11)16(17,18)19/h3-10,20H,1-2H3/t15-/m1/s1. The molecule has 5 heteroatoms. The summed E-state index contributed by atoms with van der Waals surface area (Å²) in [7, 11) is 1.53. The molecule has 2 nitrogen and oxygen atoms in total. The van der Waals surface area contributed by atoms with Crippen molar-refractivity contribution >= 4 is 0 Å². The molecule has 0 aromatic heterocycles. The van der Waals surface area contributed by atoms with Crippen LogP contribution in [0.25, 0.3) is 0 Å². The second-order valence-corrected chi connectivity index (χ2v) is 4.88. The molecule has 0 saturated heterocycles. The van der Waals surface area contributed by atoms with Crippen LogP contribution in [0.1, 0.15) is 23.6 Å². The minimum Gasteiger partial charge on any atom is -0.497 e. The Hall–Kier alpha value is -2.01. The average molecular weight is 296 g/mol. The Morgan fingerprint density at radius 3 is 1.57 bits per heavy atom. The van der Waals surface area contributed by atoms with E-state index in [9.17, 15) is 18.3 Å². The fourth-order valence-electron chi connectivity index (χ4n) is 2.07. The zero-order valence-corrected chi connectivity index (χ0v) is 11.6. The summed E-state index contributed by atoms with van der Waals surface area (Å²) in [6, 6.07) is 11.2. The number of methoxy groups -OCH3 is 1. The molecule has 2 aromatic rings. The molecular formula is C16H15F3O2. The maximum absolute atomic E-state index is 12.5. The van der Waals surface area contributed by atoms with Gasteiger partial charge in [-0.15, -0.1) is 0 Å². The molecule has 2 rings (SSSR count). The predicted molar refractivity (Wildman–Crippen MR) is 73.1 cm³/mol. The van der Waals surface area contributed by atoms with Crippen LogP contribution in [0.3, 0.4) is 0 Å². The van der Waals surface area contributed by atoms with Gasteiger partial charge in [-0.05, 0) is 42.3 Å². The first-order valence-electron chi connectivity index (χ1n) is 6.30. The molecule has 1 atom stereocenters. The highest BCUT2D eigenvalue weighted by molar-refractivity contribution is 5.39. The van der Waals surface area contributed by atoms with Crippen LogP contribution in [0.4, 0.5) is 13.2 Å². The topological polar surface area (TPSA) is 29.5 Å². The van der Waals surface area contributed by atoms with Crippen LogP contribution in [0.5, 0.6) is 5.75 Å². The molecular weight excluding hydrogens is 281 g/mol. The SMILES string of the molecule is COc1ccc([C@](C)(O)c2ccc(C(F)(F)F)cc2)cc1. The first kappa shape index (κ1) is 15.4. The summed E-state index contributed by atoms with van der Waals surface area (Å²) >= 11 is 0. The Bertz CT molecular complexity index is 599. The normalized spacial score (nSPS) is 14.6. The summed E-state index contributed by atoms with van der Waals surface area (Å²) in [4.78, 5) is 0. The molecule has 0 aliphatic heterocycles. The number of hydrogen-bond acceptors (Lipinski definition) is 2. The molecule has 0 fully saturated rings. The molecule has 0 aliphatic rings. The lowest BCUT2D eigenvalue weighted by atomic mass is 9.88. The van der Waals surface area contributed by atoms with Crippen molar-refractivity contribution in [2.24, 2.45) is 0 Å². The fraction of sp³-hybridized carbons (Fsp3) is 0.250. The number of halogens is 3. The number of alkyl halides is 3. The van der Waals surface area contributed by atoms with E-state index >= 15 is 0 Å². The van der Waals surface area contributed by atoms with Crippen LogP contribution in [-0.2, 0) is 11.8 Å². The van der Waals surface area contributed by atoms with E-state index in [1.165, 1.54) is 26.2 Å². The first-order chi connectivity index (χ1) is 9.75. The molecule has 0 aliphatic carbocycles. The van der Waals surface area contributed by atoms with E-state index in [-0.39, 0.29) is 0 Å². The largest absolute Gasteiger partial charge is 0.497 e. The van der Waals surface area contributed by atoms with E-state index in [4.69, 9.17) is 4.74 Å². The lowest BCUT2D eigenvalue weighted by molar-refractivity contribution is -0.137. The summed E-state index contributed by atoms with van der Waals surface area (Å²) in [6.07, 6.45) is -4.38. The molecule has 0 bridgehead atoms. The van der Waals surface area contributed by atoms with Crippen molar-refractivity contribution in [2.45, 2.75) is 18.7 Å². The van der Waals surface area contributed by atoms with Crippen LogP contribution in [-0.4, -0.2) is 12.2 Å². The van der Waals surface area contributed by atoms with Gasteiger partial charge in [-0.1, -0.05) is 24.3 Å². The number of hydrogen-bond donors (Lipinski definition) is 1. The Morgan fingerprint density at radius 1 is 0.810 bits per heavy atom. The first-order valence-corrected chi connectivity index (χ1v) is 6.30. The van der Waals surface area contributed by atoms with Gasteiger partial charge in [0.25, 0.3) is 0 Å². The van der Waals surface area contributed by atoms with Gasteiger partial charge < -0.3 is 9.84 Å². The Labute approximate surface area is 120 Å². The lowest BCUT2D eigenvalue weighted by Crippen LogP contribution is -2.22. The zero-order chi connectivity index (χ0) is 15.7. The molecule has 21 heavy (non-hydrogen) atoms. The van der Waals surface area contributed by atoms with E-state index in [0.29, 0.717) is 16.9 Å². The van der Waals surface area contributed by atoms with Crippen molar-refractivity contribution in [2.75, 3.05) is 7.11 Å². The van der Waals surface area contributed by atoms with E-state index in [1.54, 1.807) is 24.3 Å². The van der Waals surface area contributed by atoms with Crippen molar-refractivity contribution in [3.05, 3.63) is 65.2 Å². The second-order valence-electron chi connectivity index (χ2n) is 4.88. The highest BCUT2D eigenvalue weighted by atomic mass is 19.4. The maximum Gasteiger partial charge on any atom is 0.416 e. The minimum absolute atomic E-state index is 0.390. The third kappa shape index (κ3) is 3.19. The van der Waals surface area contributed by atoms with E-state index in [1.807, 2.05) is 0 Å². The molecule has 0 amide bonds. The molecule has 0 spiro atoms. The van der Waals surface area contributed by atoms with Gasteiger partial charge in [-0.2, -0.15) is 13.2 Å². The zero-order valence-electron chi connectivity index (χ0n) is 11.6. The van der Waals surface area contributed by atoms with Gasteiger partial charge in [0.15, 0.2) is 0 Å². The van der Waals surface area contributed by atoms with E-state index in [0.717, 1.165) is 12.1 Å². The molecule has 0 saturated carbocycles. The van der Waals surface area contributed by atoms with Gasteiger partial charge >= 0.3 is 6.18 Å². The summed E-state index contributed by atoms with van der Waals surface area (Å²) in [5, 5.41) is 10.6. The van der Waals surface area contributed by atoms with Gasteiger partial charge in [-0.25, -0.2) is 0 Å². The Kier molecular flexibility index (Phi) is 3.96. The monoisotopic (exact) mass is 296 g/mol. The summed E-state index contributed by atoms with van der Waals surface area (Å²) < 4.78 is 42.7. The third-order valence-electron chi connectivity index (χ3n) is 3.43. The van der Waals surface area contributed by atoms with Crippen LogP contribution in [0, 0.1) is 0 Å². The predicted octanol–water partition coefficient (Wildman–Crippen LogP) is 3.97. The highest BCUT2D eigenvalue weighted by Crippen LogP contribution is 2.33. The molecule has 2 aromatic carbocycles. The molecule has 0 heterocycles. The second kappa shape index (κ2) is 5.41. The van der Waals surface area contributed by atoms with E-state index < -0.39 is 17.3 Å². The van der Waals surface area contributed by atoms with Crippen LogP contribution >= 0.6 is 0 Å². The minimum atomic E-state index is -4.38. The van der Waals surface area contributed by atoms with Gasteiger partial charge in [0, 0.05) is 0 Å². The van der Waals surface area contributed by atoms with Crippen molar-refractivity contribution in [3.8, 4) is 5.75 Å². The number of benzene rings is 2. The fourth-order valence-corrected chi connectivity index (χ4v) is 2.07. The lowest BCUT2D eigenvalue weighted by Gasteiger charge is -2.25. The molecule has 112 valence electrons. The number of aliphatic hydroxyl groups is 1.